The second kappa shape index (κ2) is 6.99. The van der Waals surface area contributed by atoms with Crippen LogP contribution in [0.5, 0.6) is 0 Å². The van der Waals surface area contributed by atoms with Crippen LogP contribution in [0, 0.1) is 11.8 Å². The summed E-state index contributed by atoms with van der Waals surface area (Å²) in [5.41, 5.74) is 2.13. The number of alkyl halides is 3. The highest BCUT2D eigenvalue weighted by molar-refractivity contribution is 5.91. The number of aromatic nitrogens is 1. The van der Waals surface area contributed by atoms with Gasteiger partial charge in [0.15, 0.2) is 0 Å². The number of halogens is 3. The number of H-pyrrole nitrogens is 1. The molecule has 3 fully saturated rings. The minimum atomic E-state index is -4.63. The Morgan fingerprint density at radius 2 is 2.13 bits per heavy atom. The number of carbonyl (C=O) groups is 1. The molecule has 0 radical (unpaired) electrons. The Bertz CT molecular complexity index is 972. The van der Waals surface area contributed by atoms with Crippen LogP contribution in [0.1, 0.15) is 30.5 Å². The maximum atomic E-state index is 13.4. The second-order valence-electron chi connectivity index (χ2n) is 8.83. The molecule has 0 amide bonds. The van der Waals surface area contributed by atoms with Crippen LogP contribution in [0.2, 0.25) is 0 Å². The van der Waals surface area contributed by atoms with Gasteiger partial charge in [-0.2, -0.15) is 0 Å². The molecule has 1 N–H and O–H groups in total. The first-order chi connectivity index (χ1) is 14.3. The number of esters is 1. The Balaban J connectivity index is 1.60. The highest BCUT2D eigenvalue weighted by Crippen LogP contribution is 2.55. The first kappa shape index (κ1) is 19.9. The van der Waals surface area contributed by atoms with E-state index in [0.717, 1.165) is 48.1 Å². The Morgan fingerprint density at radius 1 is 1.33 bits per heavy atom. The third kappa shape index (κ3) is 2.95. The molecule has 5 nitrogen and oxygen atoms in total. The van der Waals surface area contributed by atoms with Crippen molar-refractivity contribution in [3.05, 3.63) is 35.5 Å². The van der Waals surface area contributed by atoms with Crippen molar-refractivity contribution in [3.63, 3.8) is 0 Å². The Kier molecular flexibility index (Phi) is 4.63. The number of carbonyl (C=O) groups excluding carboxylic acids is 1. The molecular formula is C22H25F3N2O3. The van der Waals surface area contributed by atoms with Crippen molar-refractivity contribution >= 4 is 16.9 Å². The van der Waals surface area contributed by atoms with Crippen molar-refractivity contribution in [3.8, 4) is 0 Å². The third-order valence-corrected chi connectivity index (χ3v) is 7.30. The van der Waals surface area contributed by atoms with Gasteiger partial charge in [-0.25, -0.2) is 0 Å². The smallest absolute Gasteiger partial charge is 0.468 e. The molecule has 1 aromatic heterocycles. The maximum absolute atomic E-state index is 13.4. The van der Waals surface area contributed by atoms with Gasteiger partial charge in [-0.05, 0) is 49.1 Å². The zero-order valence-corrected chi connectivity index (χ0v) is 16.8. The minimum absolute atomic E-state index is 0.0590. The molecule has 2 saturated heterocycles. The lowest BCUT2D eigenvalue weighted by Gasteiger charge is -2.58. The molecule has 0 spiro atoms. The summed E-state index contributed by atoms with van der Waals surface area (Å²) in [5.74, 6) is -0.114. The molecule has 8 heteroatoms. The van der Waals surface area contributed by atoms with E-state index in [1.807, 2.05) is 18.2 Å². The van der Waals surface area contributed by atoms with E-state index in [4.69, 9.17) is 4.74 Å². The molecule has 4 bridgehead atoms. The average Bonchev–Trinajstić information content (AvgIpc) is 3.05. The van der Waals surface area contributed by atoms with E-state index in [-0.39, 0.29) is 36.9 Å². The van der Waals surface area contributed by atoms with E-state index >= 15 is 0 Å². The number of ether oxygens (including phenoxy) is 2. The van der Waals surface area contributed by atoms with E-state index in [9.17, 15) is 18.0 Å². The molecule has 3 aliphatic heterocycles. The predicted octanol–water partition coefficient (Wildman–Crippen LogP) is 3.77. The largest absolute Gasteiger partial charge is 0.522 e. The van der Waals surface area contributed by atoms with Gasteiger partial charge in [0.2, 0.25) is 0 Å². The Hall–Kier alpha value is -2.06. The summed E-state index contributed by atoms with van der Waals surface area (Å²) >= 11 is 0. The lowest BCUT2D eigenvalue weighted by molar-refractivity contribution is -0.326. The van der Waals surface area contributed by atoms with Gasteiger partial charge in [-0.15, -0.1) is 13.2 Å². The van der Waals surface area contributed by atoms with Crippen LogP contribution in [-0.2, 0) is 26.1 Å². The van der Waals surface area contributed by atoms with E-state index in [2.05, 4.69) is 20.7 Å². The van der Waals surface area contributed by atoms with Gasteiger partial charge in [-0.3, -0.25) is 14.4 Å². The van der Waals surface area contributed by atoms with Crippen LogP contribution < -0.4 is 0 Å². The Morgan fingerprint density at radius 3 is 2.90 bits per heavy atom. The SMILES string of the molecule is COC(=O)[C@@]12C[C@@H]3C[C@H](CCOC(F)(F)F)C1N(CCc1c2[nH]c2ccccc12)C3. The summed E-state index contributed by atoms with van der Waals surface area (Å²) in [4.78, 5) is 19.2. The first-order valence-electron chi connectivity index (χ1n) is 10.5. The summed E-state index contributed by atoms with van der Waals surface area (Å²) in [6, 6.07) is 7.82. The Labute approximate surface area is 172 Å². The summed E-state index contributed by atoms with van der Waals surface area (Å²) < 4.78 is 47.1. The van der Waals surface area contributed by atoms with Crippen LogP contribution in [0.25, 0.3) is 10.9 Å². The van der Waals surface area contributed by atoms with Gasteiger partial charge in [0.05, 0.1) is 13.7 Å². The van der Waals surface area contributed by atoms with Crippen LogP contribution >= 0.6 is 0 Å². The third-order valence-electron chi connectivity index (χ3n) is 7.30. The van der Waals surface area contributed by atoms with E-state index in [0.29, 0.717) is 6.42 Å². The number of rotatable bonds is 4. The van der Waals surface area contributed by atoms with Crippen molar-refractivity contribution in [1.29, 1.82) is 0 Å². The number of hydrogen-bond acceptors (Lipinski definition) is 4. The molecule has 1 aromatic carbocycles. The summed E-state index contributed by atoms with van der Waals surface area (Å²) in [6.45, 7) is 1.27. The maximum Gasteiger partial charge on any atom is 0.522 e. The number of piperidine rings is 2. The molecule has 1 aliphatic carbocycles. The minimum Gasteiger partial charge on any atom is -0.468 e. The van der Waals surface area contributed by atoms with Crippen molar-refractivity contribution in [2.45, 2.75) is 43.5 Å². The summed E-state index contributed by atoms with van der Waals surface area (Å²) in [6.07, 6.45) is -2.09. The zero-order chi connectivity index (χ0) is 21.1. The van der Waals surface area contributed by atoms with Crippen LogP contribution in [0.3, 0.4) is 0 Å². The van der Waals surface area contributed by atoms with Gasteiger partial charge < -0.3 is 9.72 Å². The number of aromatic amines is 1. The van der Waals surface area contributed by atoms with E-state index in [1.165, 1.54) is 7.11 Å². The van der Waals surface area contributed by atoms with E-state index in [1.54, 1.807) is 0 Å². The van der Waals surface area contributed by atoms with Gasteiger partial charge in [0, 0.05) is 35.7 Å². The molecule has 1 saturated carbocycles. The lowest BCUT2D eigenvalue weighted by atomic mass is 9.56. The number of hydrogen-bond donors (Lipinski definition) is 1. The molecule has 4 heterocycles. The van der Waals surface area contributed by atoms with E-state index < -0.39 is 11.8 Å². The molecular weight excluding hydrogens is 397 g/mol. The number of nitrogens with one attached hydrogen (secondary N) is 1. The van der Waals surface area contributed by atoms with Crippen LogP contribution in [-0.4, -0.2) is 55.1 Å². The number of para-hydroxylation sites is 1. The van der Waals surface area contributed by atoms with Crippen LogP contribution in [0.15, 0.2) is 24.3 Å². The molecule has 6 rings (SSSR count). The quantitative estimate of drug-likeness (QED) is 0.763. The number of fused-ring (bicyclic) bond motifs is 4. The predicted molar refractivity (Wildman–Crippen MR) is 104 cm³/mol. The molecule has 5 atom stereocenters. The number of benzene rings is 1. The fourth-order valence-corrected chi connectivity index (χ4v) is 6.48. The highest BCUT2D eigenvalue weighted by Gasteiger charge is 2.63. The van der Waals surface area contributed by atoms with Gasteiger partial charge in [0.25, 0.3) is 0 Å². The second-order valence-corrected chi connectivity index (χ2v) is 8.83. The van der Waals surface area contributed by atoms with Crippen molar-refractivity contribution in [2.75, 3.05) is 26.8 Å². The lowest BCUT2D eigenvalue weighted by Crippen LogP contribution is -2.67. The molecule has 2 unspecified atom stereocenters. The van der Waals surface area contributed by atoms with Gasteiger partial charge in [0.1, 0.15) is 5.41 Å². The number of nitrogens with zero attached hydrogens (tertiary/aromatic N) is 1. The van der Waals surface area contributed by atoms with Crippen LogP contribution in [0.4, 0.5) is 13.2 Å². The fraction of sp³-hybridized carbons (Fsp3) is 0.591. The van der Waals surface area contributed by atoms with Crippen molar-refractivity contribution in [1.82, 2.24) is 9.88 Å². The van der Waals surface area contributed by atoms with Gasteiger partial charge in [-0.1, -0.05) is 18.2 Å². The van der Waals surface area contributed by atoms with Crippen molar-refractivity contribution < 1.29 is 27.4 Å². The average molecular weight is 422 g/mol. The fourth-order valence-electron chi connectivity index (χ4n) is 6.48. The topological polar surface area (TPSA) is 54.6 Å². The van der Waals surface area contributed by atoms with Gasteiger partial charge >= 0.3 is 12.3 Å². The summed E-state index contributed by atoms with van der Waals surface area (Å²) in [7, 11) is 1.40. The number of methoxy groups -OCH3 is 1. The van der Waals surface area contributed by atoms with Crippen molar-refractivity contribution in [2.24, 2.45) is 11.8 Å². The molecule has 162 valence electrons. The molecule has 4 aliphatic rings. The summed E-state index contributed by atoms with van der Waals surface area (Å²) in [5, 5.41) is 1.11. The normalized spacial score (nSPS) is 32.7. The first-order valence-corrected chi connectivity index (χ1v) is 10.5. The zero-order valence-electron chi connectivity index (χ0n) is 16.8. The monoisotopic (exact) mass is 422 g/mol. The molecule has 2 aromatic rings. The highest BCUT2D eigenvalue weighted by atomic mass is 19.4. The standard InChI is InChI=1S/C22H25F3N2O3/c1-29-20(28)21-11-13-10-14(7-9-30-22(23,24)25)19(21)27(12-13)8-6-16-15-4-2-3-5-17(15)26-18(16)21/h2-5,13-14,19,26H,6-12H2,1H3/t13-,14-,19?,21+/m0/s1. The molecule has 30 heavy (non-hydrogen) atoms.